The van der Waals surface area contributed by atoms with Crippen LogP contribution in [0.4, 0.5) is 32.6 Å². The summed E-state index contributed by atoms with van der Waals surface area (Å²) >= 11 is 0. The van der Waals surface area contributed by atoms with Crippen molar-refractivity contribution in [2.45, 2.75) is 116 Å². The van der Waals surface area contributed by atoms with Crippen molar-refractivity contribution in [3.05, 3.63) is 94.2 Å². The highest BCUT2D eigenvalue weighted by atomic mass is 19.4. The molecule has 1 aromatic heterocycles. The van der Waals surface area contributed by atoms with Crippen LogP contribution in [0.5, 0.6) is 0 Å². The van der Waals surface area contributed by atoms with Crippen molar-refractivity contribution in [1.29, 1.82) is 10.8 Å². The number of ether oxygens (including phenoxy) is 4. The molecule has 23 heteroatoms. The number of primary amides is 1. The molecule has 6 rings (SSSR count). The van der Waals surface area contributed by atoms with Crippen molar-refractivity contribution in [1.82, 2.24) is 25.8 Å². The zero-order chi connectivity index (χ0) is 56.3. The molecular weight excluding hydrogens is 1000 g/mol. The lowest BCUT2D eigenvalue weighted by Crippen LogP contribution is -2.62. The van der Waals surface area contributed by atoms with Crippen LogP contribution in [0.2, 0.25) is 0 Å². The van der Waals surface area contributed by atoms with Crippen LogP contribution in [0.25, 0.3) is 0 Å². The minimum Gasteiger partial charge on any atom is -0.469 e. The minimum absolute atomic E-state index is 0.0509. The van der Waals surface area contributed by atoms with Gasteiger partial charge in [-0.15, -0.1) is 0 Å². The van der Waals surface area contributed by atoms with Crippen LogP contribution in [0.3, 0.4) is 0 Å². The molecule has 0 radical (unpaired) electrons. The summed E-state index contributed by atoms with van der Waals surface area (Å²) in [5.74, 6) is 1.39. The molecule has 0 spiro atoms. The summed E-state index contributed by atoms with van der Waals surface area (Å²) in [7, 11) is 2.22. The Bertz CT molecular complexity index is 2580. The first-order valence-corrected chi connectivity index (χ1v) is 24.6. The Labute approximate surface area is 438 Å². The molecule has 0 saturated carbocycles. The highest BCUT2D eigenvalue weighted by Gasteiger charge is 2.56. The number of esters is 1. The second-order valence-corrected chi connectivity index (χ2v) is 20.6. The number of rotatable bonds is 17. The third-order valence-corrected chi connectivity index (χ3v) is 13.7. The molecule has 4 heterocycles. The van der Waals surface area contributed by atoms with Gasteiger partial charge < -0.3 is 50.6 Å². The predicted molar refractivity (Wildman–Crippen MR) is 271 cm³/mol. The first-order valence-electron chi connectivity index (χ1n) is 24.6. The molecule has 2 aromatic carbocycles. The summed E-state index contributed by atoms with van der Waals surface area (Å²) in [5.41, 5.74) is 3.23. The number of benzene rings is 2. The van der Waals surface area contributed by atoms with E-state index in [4.69, 9.17) is 31.0 Å². The van der Waals surface area contributed by atoms with E-state index in [1.165, 1.54) is 26.9 Å². The van der Waals surface area contributed by atoms with Crippen LogP contribution in [-0.4, -0.2) is 140 Å². The van der Waals surface area contributed by atoms with Crippen molar-refractivity contribution < 1.29 is 65.2 Å². The normalized spacial score (nSPS) is 18.2. The molecule has 18 nitrogen and oxygen atoms in total. The Morgan fingerprint density at radius 3 is 1.97 bits per heavy atom. The van der Waals surface area contributed by atoms with Crippen LogP contribution in [-0.2, 0) is 46.3 Å². The van der Waals surface area contributed by atoms with Gasteiger partial charge in [0.2, 0.25) is 17.7 Å². The Morgan fingerprint density at radius 2 is 1.49 bits per heavy atom. The number of aromatic nitrogens is 1. The number of methoxy groups -OCH3 is 2. The number of carbonyl (C=O) groups excluding carboxylic acids is 4. The van der Waals surface area contributed by atoms with Crippen molar-refractivity contribution in [3.63, 3.8) is 0 Å². The van der Waals surface area contributed by atoms with Gasteiger partial charge in [0.1, 0.15) is 23.5 Å². The van der Waals surface area contributed by atoms with Crippen LogP contribution >= 0.6 is 0 Å². The van der Waals surface area contributed by atoms with Gasteiger partial charge in [-0.1, -0.05) is 44.7 Å². The maximum absolute atomic E-state index is 15.0. The zero-order valence-corrected chi connectivity index (χ0v) is 43.8. The maximum atomic E-state index is 15.0. The van der Waals surface area contributed by atoms with E-state index in [0.29, 0.717) is 34.8 Å². The van der Waals surface area contributed by atoms with Crippen LogP contribution in [0, 0.1) is 51.0 Å². The quantitative estimate of drug-likeness (QED) is 0.0297. The van der Waals surface area contributed by atoms with E-state index in [2.05, 4.69) is 41.7 Å². The molecule has 3 aliphatic heterocycles. The van der Waals surface area contributed by atoms with Crippen LogP contribution in [0.15, 0.2) is 54.7 Å². The number of amides is 3. The van der Waals surface area contributed by atoms with Gasteiger partial charge in [0.05, 0.1) is 63.4 Å². The second kappa shape index (κ2) is 25.9. The number of anilines is 1. The molecule has 2 bridgehead atoms. The van der Waals surface area contributed by atoms with Crippen molar-refractivity contribution >= 4 is 41.5 Å². The summed E-state index contributed by atoms with van der Waals surface area (Å²) in [5, 5.41) is 33.6. The number of alkyl halides is 3. The first-order chi connectivity index (χ1) is 35.6. The maximum Gasteiger partial charge on any atom is 0.407 e. The molecular formula is C53H68F5N9O9. The predicted octanol–water partition coefficient (Wildman–Crippen LogP) is 5.34. The fraction of sp³-hybridized carbons (Fsp3) is 0.528. The van der Waals surface area contributed by atoms with Gasteiger partial charge in [-0.2, -0.15) is 13.2 Å². The summed E-state index contributed by atoms with van der Waals surface area (Å²) in [6.07, 6.45) is -3.80. The highest BCUT2D eigenvalue weighted by Crippen LogP contribution is 2.41. The second-order valence-electron chi connectivity index (χ2n) is 20.6. The Kier molecular flexibility index (Phi) is 20.5. The summed E-state index contributed by atoms with van der Waals surface area (Å²) < 4.78 is 91.7. The van der Waals surface area contributed by atoms with Crippen molar-refractivity contribution in [3.8, 4) is 11.8 Å². The Balaban J connectivity index is 0.000000723. The third-order valence-electron chi connectivity index (χ3n) is 13.7. The molecule has 76 heavy (non-hydrogen) atoms. The lowest BCUT2D eigenvalue weighted by atomic mass is 9.78. The molecule has 414 valence electrons. The van der Waals surface area contributed by atoms with E-state index in [1.807, 2.05) is 38.2 Å². The molecule has 3 aromatic rings. The van der Waals surface area contributed by atoms with E-state index in [0.717, 1.165) is 65.2 Å². The van der Waals surface area contributed by atoms with Gasteiger partial charge in [0, 0.05) is 73.6 Å². The van der Waals surface area contributed by atoms with E-state index in [1.54, 1.807) is 30.5 Å². The van der Waals surface area contributed by atoms with Gasteiger partial charge >= 0.3 is 18.2 Å². The fourth-order valence-corrected chi connectivity index (χ4v) is 9.03. The number of hydrogen-bond acceptors (Lipinski definition) is 15. The third kappa shape index (κ3) is 15.9. The molecule has 2 unspecified atom stereocenters. The number of nitrogens with one attached hydrogen (secondary N) is 5. The standard InChI is InChI=1S/C44H51F5N8O6.C9H17NO3/c1-25(50)63-40(51)29-16-34(45)33(35(46)17-29)19-52-20-37(58)36(54-41(59)39(55-42(60)61-4)43(2,3)44(47,48)49)15-27-8-5-26(6-9-27)7-10-28-11-14-38(53-18-28)56-21-30-12-13-31(22-56)57(30)32-23-62-24-32;1-9(2,3)6(8(10)12)5-7(11)13-4/h5-6,8-9,11,14,16-18,30-32,36-37,39,50-52,58H,12-13,15,19-24H2,1-4H3,(H,54,59)(H,55,60);6H,5H2,1-4H3,(H2,10,12)/t30?,31?,36-,37-,39+;6-/m01/s1. The molecule has 6 atom stereocenters. The number of hydrogen-bond donors (Lipinski definition) is 7. The lowest BCUT2D eigenvalue weighted by molar-refractivity contribution is -0.220. The monoisotopic (exact) mass is 1070 g/mol. The molecule has 0 aliphatic carbocycles. The van der Waals surface area contributed by atoms with E-state index >= 15 is 0 Å². The topological polar surface area (TPSA) is 255 Å². The van der Waals surface area contributed by atoms with Gasteiger partial charge in [-0.3, -0.25) is 30.1 Å². The highest BCUT2D eigenvalue weighted by molar-refractivity contribution is 5.98. The lowest BCUT2D eigenvalue weighted by Gasteiger charge is -2.47. The van der Waals surface area contributed by atoms with Gasteiger partial charge in [0.25, 0.3) is 0 Å². The fourth-order valence-electron chi connectivity index (χ4n) is 9.03. The number of fused-ring (bicyclic) bond motifs is 2. The van der Waals surface area contributed by atoms with Gasteiger partial charge in [0.15, 0.2) is 5.90 Å². The summed E-state index contributed by atoms with van der Waals surface area (Å²) in [4.78, 5) is 57.3. The molecule has 8 N–H and O–H groups in total. The SMILES string of the molecule is COC(=O)C[C@H](C(N)=O)C(C)(C)C.COC(=O)N[C@H](C(=O)N[C@@H](Cc1ccc(C#Cc2ccc(N3CC4CCC(C3)N4C3COC3)nc2)cc1)[C@@H](O)CNCc1c(F)cc(C(=N)OC(C)=N)cc1F)C(C)(C)C(F)(F)F. The molecule has 3 saturated heterocycles. The number of nitrogens with zero attached hydrogens (tertiary/aromatic N) is 3. The summed E-state index contributed by atoms with van der Waals surface area (Å²) in [6, 6.07) is 10.3. The number of carbonyl (C=O) groups is 4. The molecule has 3 amide bonds. The van der Waals surface area contributed by atoms with Crippen LogP contribution in [0.1, 0.15) is 88.6 Å². The molecule has 3 fully saturated rings. The van der Waals surface area contributed by atoms with Gasteiger partial charge in [-0.05, 0) is 80.5 Å². The first kappa shape index (κ1) is 60.1. The molecule has 3 aliphatic rings. The zero-order valence-electron chi connectivity index (χ0n) is 43.8. The largest absolute Gasteiger partial charge is 0.469 e. The van der Waals surface area contributed by atoms with Crippen LogP contribution < -0.4 is 26.6 Å². The minimum atomic E-state index is -4.96. The average Bonchev–Trinajstić information content (AvgIpc) is 3.56. The Morgan fingerprint density at radius 1 is 0.895 bits per heavy atom. The van der Waals surface area contributed by atoms with E-state index < -0.39 is 95.8 Å². The van der Waals surface area contributed by atoms with Crippen molar-refractivity contribution in [2.75, 3.05) is 52.0 Å². The average molecular weight is 1070 g/mol. The van der Waals surface area contributed by atoms with E-state index in [-0.39, 0.29) is 29.7 Å². The number of aliphatic hydroxyl groups excluding tert-OH is 1. The smallest absolute Gasteiger partial charge is 0.407 e. The number of alkyl carbamates (subject to hydrolysis) is 1. The Hall–Kier alpha value is -6.74. The number of halogens is 5. The summed E-state index contributed by atoms with van der Waals surface area (Å²) in [6.45, 7) is 10.9. The number of nitrogens with two attached hydrogens (primary N) is 1. The number of piperazine rings is 1. The van der Waals surface area contributed by atoms with E-state index in [9.17, 15) is 46.2 Å². The van der Waals surface area contributed by atoms with Crippen molar-refractivity contribution in [2.24, 2.45) is 22.5 Å². The number of aliphatic hydroxyl groups is 1. The van der Waals surface area contributed by atoms with Gasteiger partial charge in [-0.25, -0.2) is 18.6 Å². The number of pyridine rings is 1.